The summed E-state index contributed by atoms with van der Waals surface area (Å²) >= 11 is 0. The zero-order valence-corrected chi connectivity index (χ0v) is 15.8. The Morgan fingerprint density at radius 3 is 2.30 bits per heavy atom. The predicted octanol–water partition coefficient (Wildman–Crippen LogP) is 4.02. The molecular weight excluding hydrogens is 344 g/mol. The van der Waals surface area contributed by atoms with Gasteiger partial charge in [0, 0.05) is 17.0 Å². The van der Waals surface area contributed by atoms with E-state index in [0.29, 0.717) is 30.3 Å². The van der Waals surface area contributed by atoms with Gasteiger partial charge in [0.15, 0.2) is 0 Å². The quantitative estimate of drug-likeness (QED) is 0.547. The Kier molecular flexibility index (Phi) is 5.44. The molecule has 1 amide bonds. The molecule has 1 aliphatic carbocycles. The van der Waals surface area contributed by atoms with E-state index in [-0.39, 0.29) is 10.8 Å². The van der Waals surface area contributed by atoms with Crippen molar-refractivity contribution in [1.29, 1.82) is 0 Å². The van der Waals surface area contributed by atoms with Crippen LogP contribution in [-0.2, 0) is 11.3 Å². The summed E-state index contributed by atoms with van der Waals surface area (Å²) in [5.41, 5.74) is 2.93. The number of nitrogens with zero attached hydrogens (tertiary/aromatic N) is 2. The van der Waals surface area contributed by atoms with Crippen LogP contribution in [0.15, 0.2) is 48.5 Å². The highest BCUT2D eigenvalue weighted by Gasteiger charge is 2.54. The van der Waals surface area contributed by atoms with E-state index in [9.17, 15) is 14.9 Å². The monoisotopic (exact) mass is 368 g/mol. The number of methoxy groups -OCH3 is 1. The van der Waals surface area contributed by atoms with E-state index in [1.165, 1.54) is 5.56 Å². The molecule has 0 aromatic heterocycles. The number of anilines is 1. The lowest BCUT2D eigenvalue weighted by Crippen LogP contribution is -2.33. The average molecular weight is 368 g/mol. The fourth-order valence-corrected chi connectivity index (χ4v) is 3.13. The molecule has 6 nitrogen and oxygen atoms in total. The molecule has 0 aliphatic heterocycles. The number of benzene rings is 2. The second kappa shape index (κ2) is 7.78. The Labute approximate surface area is 158 Å². The van der Waals surface area contributed by atoms with Gasteiger partial charge in [0.2, 0.25) is 11.9 Å². The van der Waals surface area contributed by atoms with Gasteiger partial charge in [-0.25, -0.2) is 0 Å². The minimum atomic E-state index is -0.762. The normalized spacial score (nSPS) is 18.2. The molecule has 2 aromatic rings. The van der Waals surface area contributed by atoms with Gasteiger partial charge in [0.25, 0.3) is 0 Å². The lowest BCUT2D eigenvalue weighted by molar-refractivity contribution is -0.497. The van der Waals surface area contributed by atoms with Crippen LogP contribution in [0.5, 0.6) is 5.75 Å². The Hall–Kier alpha value is -2.89. The molecule has 1 aliphatic rings. The van der Waals surface area contributed by atoms with Gasteiger partial charge in [-0.15, -0.1) is 0 Å². The fourth-order valence-electron chi connectivity index (χ4n) is 3.13. The van der Waals surface area contributed by atoms with Crippen LogP contribution >= 0.6 is 0 Å². The summed E-state index contributed by atoms with van der Waals surface area (Å²) in [5.74, 6) is 0.388. The van der Waals surface area contributed by atoms with E-state index >= 15 is 0 Å². The van der Waals surface area contributed by atoms with Crippen molar-refractivity contribution in [3.05, 3.63) is 69.8 Å². The molecule has 27 heavy (non-hydrogen) atoms. The first kappa shape index (κ1) is 18.9. The first-order valence-electron chi connectivity index (χ1n) is 9.08. The smallest absolute Gasteiger partial charge is 0.237 e. The summed E-state index contributed by atoms with van der Waals surface area (Å²) in [6.45, 7) is 4.64. The van der Waals surface area contributed by atoms with Crippen LogP contribution in [-0.4, -0.2) is 24.0 Å². The molecule has 0 N–H and O–H groups in total. The lowest BCUT2D eigenvalue weighted by Gasteiger charge is -2.23. The summed E-state index contributed by atoms with van der Waals surface area (Å²) in [4.78, 5) is 25.2. The molecule has 0 saturated heterocycles. The van der Waals surface area contributed by atoms with Crippen LogP contribution in [0.4, 0.5) is 5.69 Å². The molecule has 2 aromatic carbocycles. The molecule has 0 bridgehead atoms. The van der Waals surface area contributed by atoms with Crippen molar-refractivity contribution in [1.82, 2.24) is 0 Å². The largest absolute Gasteiger partial charge is 0.497 e. The van der Waals surface area contributed by atoms with Crippen LogP contribution < -0.4 is 9.64 Å². The third-order valence-electron chi connectivity index (χ3n) is 4.98. The summed E-state index contributed by atoms with van der Waals surface area (Å²) in [7, 11) is 1.58. The maximum Gasteiger partial charge on any atom is 0.237 e. The minimum absolute atomic E-state index is 0.199. The molecule has 1 fully saturated rings. The van der Waals surface area contributed by atoms with Crippen molar-refractivity contribution in [3.63, 3.8) is 0 Å². The molecule has 2 unspecified atom stereocenters. The van der Waals surface area contributed by atoms with Crippen molar-refractivity contribution in [2.24, 2.45) is 5.92 Å². The van der Waals surface area contributed by atoms with E-state index in [0.717, 1.165) is 5.56 Å². The first-order valence-corrected chi connectivity index (χ1v) is 9.08. The van der Waals surface area contributed by atoms with E-state index in [2.05, 4.69) is 26.0 Å². The number of hydrogen-bond donors (Lipinski definition) is 0. The number of amides is 1. The maximum absolute atomic E-state index is 12.9. The van der Waals surface area contributed by atoms with Gasteiger partial charge in [-0.2, -0.15) is 0 Å². The van der Waals surface area contributed by atoms with Gasteiger partial charge < -0.3 is 9.64 Å². The molecule has 142 valence electrons. The van der Waals surface area contributed by atoms with E-state index in [1.807, 2.05) is 24.3 Å². The number of nitro groups is 1. The van der Waals surface area contributed by atoms with Crippen LogP contribution in [0.3, 0.4) is 0 Å². The van der Waals surface area contributed by atoms with Crippen LogP contribution in [0.2, 0.25) is 0 Å². The molecule has 1 saturated carbocycles. The van der Waals surface area contributed by atoms with Crippen LogP contribution in [0.25, 0.3) is 0 Å². The van der Waals surface area contributed by atoms with Gasteiger partial charge in [0.1, 0.15) is 11.7 Å². The van der Waals surface area contributed by atoms with Gasteiger partial charge in [0.05, 0.1) is 13.7 Å². The number of rotatable bonds is 7. The van der Waals surface area contributed by atoms with Crippen LogP contribution in [0, 0.1) is 16.0 Å². The number of carbonyl (C=O) groups is 1. The van der Waals surface area contributed by atoms with Gasteiger partial charge in [-0.3, -0.25) is 14.9 Å². The molecule has 0 spiro atoms. The molecule has 0 radical (unpaired) electrons. The number of carbonyl (C=O) groups excluding carboxylic acids is 1. The van der Waals surface area contributed by atoms with Crippen molar-refractivity contribution in [2.45, 2.75) is 38.8 Å². The van der Waals surface area contributed by atoms with Crippen molar-refractivity contribution < 1.29 is 14.5 Å². The molecule has 0 heterocycles. The molecule has 3 rings (SSSR count). The van der Waals surface area contributed by atoms with E-state index in [4.69, 9.17) is 4.74 Å². The summed E-state index contributed by atoms with van der Waals surface area (Å²) in [5, 5.41) is 11.0. The third kappa shape index (κ3) is 4.27. The molecule has 2 atom stereocenters. The lowest BCUT2D eigenvalue weighted by atomic mass is 10.0. The minimum Gasteiger partial charge on any atom is -0.497 e. The SMILES string of the molecule is COc1ccc(N(Cc2ccc(C(C)C)cc2)C(=O)C2CC2[N+](=O)[O-])cc1. The van der Waals surface area contributed by atoms with Crippen molar-refractivity contribution >= 4 is 11.6 Å². The number of ether oxygens (including phenoxy) is 1. The Morgan fingerprint density at radius 2 is 1.81 bits per heavy atom. The van der Waals surface area contributed by atoms with Gasteiger partial charge in [-0.05, 0) is 41.3 Å². The maximum atomic E-state index is 12.9. The highest BCUT2D eigenvalue weighted by atomic mass is 16.6. The molecule has 6 heteroatoms. The topological polar surface area (TPSA) is 72.7 Å². The van der Waals surface area contributed by atoms with Gasteiger partial charge in [-0.1, -0.05) is 38.1 Å². The zero-order chi connectivity index (χ0) is 19.6. The fraction of sp³-hybridized carbons (Fsp3) is 0.381. The van der Waals surface area contributed by atoms with Crippen molar-refractivity contribution in [3.8, 4) is 5.75 Å². The summed E-state index contributed by atoms with van der Waals surface area (Å²) in [6, 6.07) is 14.6. The Balaban J connectivity index is 1.84. The summed E-state index contributed by atoms with van der Waals surface area (Å²) < 4.78 is 5.18. The van der Waals surface area contributed by atoms with E-state index < -0.39 is 12.0 Å². The van der Waals surface area contributed by atoms with E-state index in [1.54, 1.807) is 24.1 Å². The molecular formula is C21H24N2O4. The van der Waals surface area contributed by atoms with Crippen molar-refractivity contribution in [2.75, 3.05) is 12.0 Å². The second-order valence-corrected chi connectivity index (χ2v) is 7.21. The highest BCUT2D eigenvalue weighted by Crippen LogP contribution is 2.37. The number of hydrogen-bond acceptors (Lipinski definition) is 4. The third-order valence-corrected chi connectivity index (χ3v) is 4.98. The average Bonchev–Trinajstić information content (AvgIpc) is 3.47. The Bertz CT molecular complexity index is 815. The second-order valence-electron chi connectivity index (χ2n) is 7.21. The zero-order valence-electron chi connectivity index (χ0n) is 15.8. The predicted molar refractivity (Wildman–Crippen MR) is 104 cm³/mol. The summed E-state index contributed by atoms with van der Waals surface area (Å²) in [6.07, 6.45) is 0.310. The standard InChI is InChI=1S/C21H24N2O4/c1-14(2)16-6-4-15(5-7-16)13-22(17-8-10-18(27-3)11-9-17)21(24)19-12-20(19)23(25)26/h4-11,14,19-20H,12-13H2,1-3H3. The van der Waals surface area contributed by atoms with Crippen LogP contribution in [0.1, 0.15) is 37.3 Å². The Morgan fingerprint density at radius 1 is 1.19 bits per heavy atom. The van der Waals surface area contributed by atoms with Gasteiger partial charge >= 0.3 is 0 Å². The first-order chi connectivity index (χ1) is 12.9. The highest BCUT2D eigenvalue weighted by molar-refractivity contribution is 5.97.